The highest BCUT2D eigenvalue weighted by Crippen LogP contribution is 2.57. The monoisotopic (exact) mass is 302 g/mol. The summed E-state index contributed by atoms with van der Waals surface area (Å²) < 4.78 is 4.41. The van der Waals surface area contributed by atoms with Crippen molar-refractivity contribution in [2.45, 2.75) is 49.1 Å². The lowest BCUT2D eigenvalue weighted by Gasteiger charge is -2.48. The van der Waals surface area contributed by atoms with Gasteiger partial charge in [-0.05, 0) is 13.8 Å². The highest BCUT2D eigenvalue weighted by molar-refractivity contribution is 8.01. The third-order valence-corrected chi connectivity index (χ3v) is 5.43. The number of hydrogen-bond donors (Lipinski definition) is 2. The summed E-state index contributed by atoms with van der Waals surface area (Å²) in [5, 5.41) is 11.7. The van der Waals surface area contributed by atoms with Crippen molar-refractivity contribution < 1.29 is 24.2 Å². The average molecular weight is 302 g/mol. The molecule has 0 unspecified atom stereocenters. The minimum Gasteiger partial charge on any atom is -0.478 e. The van der Waals surface area contributed by atoms with Crippen molar-refractivity contribution in [3.05, 3.63) is 0 Å². The van der Waals surface area contributed by atoms with Gasteiger partial charge in [-0.3, -0.25) is 14.5 Å². The first-order valence-electron chi connectivity index (χ1n) is 6.31. The second-order valence-electron chi connectivity index (χ2n) is 5.28. The number of carboxylic acid groups (broad SMARTS) is 1. The number of carboxylic acids is 1. The molecule has 0 radical (unpaired) electrons. The minimum atomic E-state index is -1.70. The number of aliphatic carboxylic acids is 1. The van der Waals surface area contributed by atoms with Crippen LogP contribution in [0.15, 0.2) is 0 Å². The summed E-state index contributed by atoms with van der Waals surface area (Å²) in [6.45, 7) is 5.14. The molecular formula is C12H18N2O5S. The van der Waals surface area contributed by atoms with Crippen molar-refractivity contribution in [3.63, 3.8) is 0 Å². The topological polar surface area (TPSA) is 95.9 Å². The van der Waals surface area contributed by atoms with Crippen LogP contribution in [0, 0.1) is 0 Å². The van der Waals surface area contributed by atoms with Crippen LogP contribution in [0.5, 0.6) is 0 Å². The van der Waals surface area contributed by atoms with Crippen LogP contribution >= 0.6 is 11.8 Å². The van der Waals surface area contributed by atoms with Crippen LogP contribution in [0.1, 0.15) is 27.2 Å². The Kier molecular flexibility index (Phi) is 3.50. The molecule has 20 heavy (non-hydrogen) atoms. The van der Waals surface area contributed by atoms with Crippen molar-refractivity contribution in [3.8, 4) is 0 Å². The maximum absolute atomic E-state index is 12.2. The van der Waals surface area contributed by atoms with E-state index in [1.54, 1.807) is 20.8 Å². The Hall–Kier alpha value is -1.28. The van der Waals surface area contributed by atoms with Gasteiger partial charge < -0.3 is 15.2 Å². The lowest BCUT2D eigenvalue weighted by molar-refractivity contribution is -0.211. The van der Waals surface area contributed by atoms with Gasteiger partial charge in [-0.2, -0.15) is 0 Å². The van der Waals surface area contributed by atoms with Gasteiger partial charge in [0.2, 0.25) is 5.91 Å². The number of fused-ring (bicyclic) bond motifs is 1. The smallest absolute Gasteiger partial charge is 0.359 e. The number of hydrogen-bond acceptors (Lipinski definition) is 5. The molecule has 0 saturated carbocycles. The number of carbonyl (C=O) groups is 3. The molecule has 2 aliphatic heterocycles. The Morgan fingerprint density at radius 2 is 2.10 bits per heavy atom. The molecule has 7 nitrogen and oxygen atoms in total. The number of rotatable bonds is 4. The van der Waals surface area contributed by atoms with Gasteiger partial charge in [0.15, 0.2) is 0 Å². The van der Waals surface area contributed by atoms with E-state index in [0.717, 1.165) is 0 Å². The zero-order valence-electron chi connectivity index (χ0n) is 11.8. The van der Waals surface area contributed by atoms with Gasteiger partial charge >= 0.3 is 5.97 Å². The van der Waals surface area contributed by atoms with Crippen LogP contribution in [0.3, 0.4) is 0 Å². The van der Waals surface area contributed by atoms with Crippen LogP contribution in [0.25, 0.3) is 0 Å². The largest absolute Gasteiger partial charge is 0.478 e. The molecule has 112 valence electrons. The van der Waals surface area contributed by atoms with Gasteiger partial charge in [0.25, 0.3) is 11.6 Å². The van der Waals surface area contributed by atoms with E-state index in [-0.39, 0.29) is 12.3 Å². The molecule has 0 spiro atoms. The van der Waals surface area contributed by atoms with Crippen molar-refractivity contribution >= 4 is 29.5 Å². The predicted molar refractivity (Wildman–Crippen MR) is 71.9 cm³/mol. The molecule has 0 bridgehead atoms. The first kappa shape index (κ1) is 15.1. The number of nitrogens with one attached hydrogen (secondary N) is 1. The quantitative estimate of drug-likeness (QED) is 0.710. The van der Waals surface area contributed by atoms with Gasteiger partial charge in [-0.1, -0.05) is 6.92 Å². The fourth-order valence-electron chi connectivity index (χ4n) is 2.79. The molecule has 2 amide bonds. The fourth-order valence-corrected chi connectivity index (χ4v) is 4.50. The molecule has 0 aliphatic carbocycles. The van der Waals surface area contributed by atoms with Gasteiger partial charge in [-0.15, -0.1) is 11.8 Å². The number of methoxy groups -OCH3 is 1. The lowest BCUT2D eigenvalue weighted by atomic mass is 9.91. The summed E-state index contributed by atoms with van der Waals surface area (Å²) in [4.78, 5) is 36.5. The molecule has 2 rings (SSSR count). The zero-order valence-corrected chi connectivity index (χ0v) is 12.6. The van der Waals surface area contributed by atoms with E-state index in [1.165, 1.54) is 23.8 Å². The maximum Gasteiger partial charge on any atom is 0.359 e. The molecule has 2 aliphatic rings. The second kappa shape index (κ2) is 4.63. The Morgan fingerprint density at radius 3 is 2.55 bits per heavy atom. The minimum absolute atomic E-state index is 0.230. The highest BCUT2D eigenvalue weighted by atomic mass is 32.2. The summed E-state index contributed by atoms with van der Waals surface area (Å²) in [6.07, 6.45) is 0.277. The fraction of sp³-hybridized carbons (Fsp3) is 0.750. The molecule has 0 aromatic carbocycles. The average Bonchev–Trinajstić information content (AvgIpc) is 2.61. The Bertz CT molecular complexity index is 480. The summed E-state index contributed by atoms with van der Waals surface area (Å²) in [5.74, 6) is -1.85. The summed E-state index contributed by atoms with van der Waals surface area (Å²) in [7, 11) is 1.28. The van der Waals surface area contributed by atoms with Crippen LogP contribution in [-0.2, 0) is 19.1 Å². The van der Waals surface area contributed by atoms with E-state index >= 15 is 0 Å². The van der Waals surface area contributed by atoms with E-state index in [2.05, 4.69) is 5.32 Å². The van der Waals surface area contributed by atoms with Crippen LogP contribution < -0.4 is 5.32 Å². The van der Waals surface area contributed by atoms with E-state index in [4.69, 9.17) is 4.74 Å². The summed E-state index contributed by atoms with van der Waals surface area (Å²) >= 11 is 1.33. The number of β-lactam (4-membered cyclic amide) rings is 1. The van der Waals surface area contributed by atoms with Gasteiger partial charge in [-0.25, -0.2) is 4.79 Å². The lowest BCUT2D eigenvalue weighted by Crippen LogP contribution is -2.76. The number of carbonyl (C=O) groups excluding carboxylic acids is 2. The van der Waals surface area contributed by atoms with E-state index in [1.807, 2.05) is 0 Å². The van der Waals surface area contributed by atoms with Gasteiger partial charge in [0, 0.05) is 13.5 Å². The highest BCUT2D eigenvalue weighted by Gasteiger charge is 2.74. The molecule has 0 aromatic heterocycles. The Balaban J connectivity index is 2.32. The van der Waals surface area contributed by atoms with Crippen molar-refractivity contribution in [1.29, 1.82) is 0 Å². The maximum atomic E-state index is 12.2. The van der Waals surface area contributed by atoms with Gasteiger partial charge in [0.05, 0.1) is 4.75 Å². The number of thioether (sulfide) groups is 1. The molecule has 2 fully saturated rings. The zero-order chi connectivity index (χ0) is 15.3. The molecule has 8 heteroatoms. The SMILES string of the molecule is CCC(=O)N[C@@H]1C(=O)N2[C@@H]1SC(C)(C)[C@]2(OC)C(=O)O. The molecule has 3 atom stereocenters. The second-order valence-corrected chi connectivity index (χ2v) is 7.02. The third-order valence-electron chi connectivity index (χ3n) is 3.84. The number of nitrogens with zero attached hydrogens (tertiary/aromatic N) is 1. The van der Waals surface area contributed by atoms with E-state index < -0.39 is 33.8 Å². The molecule has 2 N–H and O–H groups in total. The number of ether oxygens (including phenoxy) is 1. The number of amides is 2. The van der Waals surface area contributed by atoms with Crippen molar-refractivity contribution in [2.24, 2.45) is 0 Å². The molecular weight excluding hydrogens is 284 g/mol. The van der Waals surface area contributed by atoms with E-state index in [0.29, 0.717) is 0 Å². The van der Waals surface area contributed by atoms with Crippen LogP contribution in [0.2, 0.25) is 0 Å². The van der Waals surface area contributed by atoms with Gasteiger partial charge in [0.1, 0.15) is 11.4 Å². The first-order valence-corrected chi connectivity index (χ1v) is 7.19. The third kappa shape index (κ3) is 1.67. The molecule has 2 heterocycles. The van der Waals surface area contributed by atoms with Crippen molar-refractivity contribution in [2.75, 3.05) is 7.11 Å². The summed E-state index contributed by atoms with van der Waals surface area (Å²) in [6, 6.07) is -0.678. The normalized spacial score (nSPS) is 34.4. The Labute approximate surface area is 121 Å². The van der Waals surface area contributed by atoms with Crippen LogP contribution in [0.4, 0.5) is 0 Å². The Morgan fingerprint density at radius 1 is 1.50 bits per heavy atom. The standard InChI is InChI=1S/C12H18N2O5S/c1-5-6(15)13-7-8(16)14-9(7)20-11(2,3)12(14,19-4)10(17)18/h7,9H,5H2,1-4H3,(H,13,15)(H,17,18)/t7-,9-,12-/m1/s1. The summed E-state index contributed by atoms with van der Waals surface area (Å²) in [5.41, 5.74) is -1.70. The predicted octanol–water partition coefficient (Wildman–Crippen LogP) is 0.00220. The first-order chi connectivity index (χ1) is 9.22. The molecule has 2 saturated heterocycles. The van der Waals surface area contributed by atoms with Crippen LogP contribution in [-0.4, -0.2) is 56.8 Å². The van der Waals surface area contributed by atoms with Crippen molar-refractivity contribution in [1.82, 2.24) is 10.2 Å². The molecule has 0 aromatic rings. The van der Waals surface area contributed by atoms with E-state index in [9.17, 15) is 19.5 Å².